The lowest BCUT2D eigenvalue weighted by atomic mass is 9.86. The predicted octanol–water partition coefficient (Wildman–Crippen LogP) is 3.74. The number of hydrogen-bond acceptors (Lipinski definition) is 3. The van der Waals surface area contributed by atoms with E-state index in [4.69, 9.17) is 4.74 Å². The molecule has 0 atom stereocenters. The zero-order chi connectivity index (χ0) is 19.2. The van der Waals surface area contributed by atoms with Gasteiger partial charge < -0.3 is 15.4 Å². The molecule has 1 aromatic rings. The summed E-state index contributed by atoms with van der Waals surface area (Å²) in [7, 11) is 0. The molecule has 5 heteroatoms. The highest BCUT2D eigenvalue weighted by atomic mass is 16.6. The summed E-state index contributed by atoms with van der Waals surface area (Å²) in [6, 6.07) is 8.32. The highest BCUT2D eigenvalue weighted by Crippen LogP contribution is 2.24. The van der Waals surface area contributed by atoms with Gasteiger partial charge in [-0.05, 0) is 64.9 Å². The average Bonchev–Trinajstić information content (AvgIpc) is 2.55. The molecule has 2 amide bonds. The van der Waals surface area contributed by atoms with E-state index in [0.717, 1.165) is 31.2 Å². The molecule has 144 valence electrons. The molecule has 0 aliphatic heterocycles. The van der Waals surface area contributed by atoms with Crippen LogP contribution in [-0.2, 0) is 16.0 Å². The lowest BCUT2D eigenvalue weighted by Gasteiger charge is -2.29. The van der Waals surface area contributed by atoms with Gasteiger partial charge in [-0.3, -0.25) is 4.79 Å². The molecule has 1 aliphatic carbocycles. The minimum absolute atomic E-state index is 0.0872. The van der Waals surface area contributed by atoms with Crippen LogP contribution in [0.3, 0.4) is 0 Å². The van der Waals surface area contributed by atoms with E-state index >= 15 is 0 Å². The number of nitrogens with one attached hydrogen (secondary N) is 2. The van der Waals surface area contributed by atoms with E-state index in [1.54, 1.807) is 0 Å². The van der Waals surface area contributed by atoms with Crippen molar-refractivity contribution in [2.24, 2.45) is 5.92 Å². The van der Waals surface area contributed by atoms with E-state index < -0.39 is 5.60 Å². The van der Waals surface area contributed by atoms with E-state index in [1.165, 1.54) is 5.56 Å². The Morgan fingerprint density at radius 2 is 1.69 bits per heavy atom. The Kier molecular flexibility index (Phi) is 7.06. The van der Waals surface area contributed by atoms with Crippen LogP contribution in [0.5, 0.6) is 0 Å². The van der Waals surface area contributed by atoms with Gasteiger partial charge >= 0.3 is 6.09 Å². The summed E-state index contributed by atoms with van der Waals surface area (Å²) in [5.74, 6) is 0.539. The summed E-state index contributed by atoms with van der Waals surface area (Å²) < 4.78 is 5.26. The minimum Gasteiger partial charge on any atom is -0.444 e. The molecule has 0 radical (unpaired) electrons. The van der Waals surface area contributed by atoms with Crippen molar-refractivity contribution in [3.05, 3.63) is 35.4 Å². The van der Waals surface area contributed by atoms with Crippen molar-refractivity contribution in [2.45, 2.75) is 71.4 Å². The van der Waals surface area contributed by atoms with Crippen LogP contribution >= 0.6 is 0 Å². The van der Waals surface area contributed by atoms with E-state index in [1.807, 2.05) is 52.0 Å². The maximum absolute atomic E-state index is 12.2. The SMILES string of the molecule is Cc1ccc(CC(=O)NC2CCC(CNC(=O)OC(C)(C)C)CC2)cc1. The van der Waals surface area contributed by atoms with Gasteiger partial charge in [-0.25, -0.2) is 4.79 Å². The molecule has 1 aromatic carbocycles. The number of benzene rings is 1. The van der Waals surface area contributed by atoms with Crippen molar-refractivity contribution in [3.63, 3.8) is 0 Å². The minimum atomic E-state index is -0.469. The molecule has 0 heterocycles. The molecule has 1 aliphatic rings. The largest absolute Gasteiger partial charge is 0.444 e. The fourth-order valence-corrected chi connectivity index (χ4v) is 3.22. The van der Waals surface area contributed by atoms with Crippen molar-refractivity contribution >= 4 is 12.0 Å². The van der Waals surface area contributed by atoms with E-state index in [9.17, 15) is 9.59 Å². The van der Waals surface area contributed by atoms with Gasteiger partial charge in [-0.15, -0.1) is 0 Å². The second-order valence-electron chi connectivity index (χ2n) is 8.33. The van der Waals surface area contributed by atoms with Crippen LogP contribution < -0.4 is 10.6 Å². The zero-order valence-corrected chi connectivity index (χ0v) is 16.4. The monoisotopic (exact) mass is 360 g/mol. The molecule has 0 spiro atoms. The summed E-state index contributed by atoms with van der Waals surface area (Å²) in [6.45, 7) is 8.25. The fourth-order valence-electron chi connectivity index (χ4n) is 3.22. The molecular formula is C21H32N2O3. The van der Waals surface area contributed by atoms with E-state index in [0.29, 0.717) is 18.9 Å². The van der Waals surface area contributed by atoms with Crippen molar-refractivity contribution in [3.8, 4) is 0 Å². The first-order valence-electron chi connectivity index (χ1n) is 9.53. The summed E-state index contributed by atoms with van der Waals surface area (Å²) in [5.41, 5.74) is 1.78. The number of aryl methyl sites for hydroxylation is 1. The van der Waals surface area contributed by atoms with Crippen molar-refractivity contribution < 1.29 is 14.3 Å². The maximum Gasteiger partial charge on any atom is 0.407 e. The number of alkyl carbamates (subject to hydrolysis) is 1. The summed E-state index contributed by atoms with van der Waals surface area (Å²) in [4.78, 5) is 23.9. The van der Waals surface area contributed by atoms with Crippen LogP contribution in [-0.4, -0.2) is 30.2 Å². The molecular weight excluding hydrogens is 328 g/mol. The first-order chi connectivity index (χ1) is 12.2. The Morgan fingerprint density at radius 1 is 1.08 bits per heavy atom. The quantitative estimate of drug-likeness (QED) is 0.840. The normalized spacial score (nSPS) is 20.3. The molecule has 0 bridgehead atoms. The first-order valence-corrected chi connectivity index (χ1v) is 9.53. The smallest absolute Gasteiger partial charge is 0.407 e. The lowest BCUT2D eigenvalue weighted by Crippen LogP contribution is -2.41. The molecule has 2 N–H and O–H groups in total. The van der Waals surface area contributed by atoms with Crippen LogP contribution in [0.25, 0.3) is 0 Å². The fraction of sp³-hybridized carbons (Fsp3) is 0.619. The van der Waals surface area contributed by atoms with Crippen LogP contribution in [0, 0.1) is 12.8 Å². The number of hydrogen-bond donors (Lipinski definition) is 2. The van der Waals surface area contributed by atoms with Crippen molar-refractivity contribution in [1.82, 2.24) is 10.6 Å². The van der Waals surface area contributed by atoms with E-state index in [-0.39, 0.29) is 18.0 Å². The van der Waals surface area contributed by atoms with Crippen LogP contribution in [0.2, 0.25) is 0 Å². The van der Waals surface area contributed by atoms with Crippen LogP contribution in [0.15, 0.2) is 24.3 Å². The van der Waals surface area contributed by atoms with Crippen LogP contribution in [0.1, 0.15) is 57.6 Å². The molecule has 0 aromatic heterocycles. The second kappa shape index (κ2) is 9.06. The number of carbonyl (C=O) groups is 2. The molecule has 0 saturated heterocycles. The van der Waals surface area contributed by atoms with Gasteiger partial charge in [0.25, 0.3) is 0 Å². The summed E-state index contributed by atoms with van der Waals surface area (Å²) >= 11 is 0. The van der Waals surface area contributed by atoms with Gasteiger partial charge in [0.15, 0.2) is 0 Å². The Bertz CT molecular complexity index is 597. The average molecular weight is 360 g/mol. The highest BCUT2D eigenvalue weighted by Gasteiger charge is 2.23. The van der Waals surface area contributed by atoms with Crippen LogP contribution in [0.4, 0.5) is 4.79 Å². The van der Waals surface area contributed by atoms with Crippen molar-refractivity contribution in [2.75, 3.05) is 6.54 Å². The van der Waals surface area contributed by atoms with Crippen molar-refractivity contribution in [1.29, 1.82) is 0 Å². The standard InChI is InChI=1S/C21H32N2O3/c1-15-5-7-16(8-6-15)13-19(24)23-18-11-9-17(10-12-18)14-22-20(25)26-21(2,3)4/h5-8,17-18H,9-14H2,1-4H3,(H,22,25)(H,23,24). The van der Waals surface area contributed by atoms with Gasteiger partial charge in [0, 0.05) is 12.6 Å². The third kappa shape index (κ3) is 7.46. The lowest BCUT2D eigenvalue weighted by molar-refractivity contribution is -0.121. The van der Waals surface area contributed by atoms with Gasteiger partial charge in [0.2, 0.25) is 5.91 Å². The molecule has 2 rings (SSSR count). The molecule has 1 fully saturated rings. The molecule has 26 heavy (non-hydrogen) atoms. The summed E-state index contributed by atoms with van der Waals surface area (Å²) in [5, 5.41) is 6.00. The zero-order valence-electron chi connectivity index (χ0n) is 16.4. The second-order valence-corrected chi connectivity index (χ2v) is 8.33. The highest BCUT2D eigenvalue weighted by molar-refractivity contribution is 5.78. The Labute approximate surface area is 156 Å². The summed E-state index contributed by atoms with van der Waals surface area (Å²) in [6.07, 6.45) is 4.00. The van der Waals surface area contributed by atoms with Gasteiger partial charge in [0.05, 0.1) is 6.42 Å². The molecule has 1 saturated carbocycles. The van der Waals surface area contributed by atoms with Gasteiger partial charge in [-0.1, -0.05) is 29.8 Å². The Hall–Kier alpha value is -2.04. The first kappa shape index (κ1) is 20.3. The Balaban J connectivity index is 1.65. The predicted molar refractivity (Wildman–Crippen MR) is 103 cm³/mol. The third-order valence-electron chi connectivity index (χ3n) is 4.63. The number of rotatable bonds is 5. The topological polar surface area (TPSA) is 67.4 Å². The van der Waals surface area contributed by atoms with Gasteiger partial charge in [0.1, 0.15) is 5.60 Å². The maximum atomic E-state index is 12.2. The Morgan fingerprint density at radius 3 is 2.27 bits per heavy atom. The van der Waals surface area contributed by atoms with E-state index in [2.05, 4.69) is 10.6 Å². The molecule has 0 unspecified atom stereocenters. The van der Waals surface area contributed by atoms with Gasteiger partial charge in [-0.2, -0.15) is 0 Å². The third-order valence-corrected chi connectivity index (χ3v) is 4.63. The number of amides is 2. The number of ether oxygens (including phenoxy) is 1. The number of carbonyl (C=O) groups excluding carboxylic acids is 2. The molecule has 5 nitrogen and oxygen atoms in total.